The van der Waals surface area contributed by atoms with Crippen molar-refractivity contribution in [2.75, 3.05) is 20.8 Å². The molecule has 1 N–H and O–H groups in total. The molecule has 0 saturated carbocycles. The minimum Gasteiger partial charge on any atom is -0.354 e. The number of aromatic nitrogens is 1. The lowest BCUT2D eigenvalue weighted by atomic mass is 9.99. The quantitative estimate of drug-likeness (QED) is 0.788. The zero-order chi connectivity index (χ0) is 14.4. The maximum atomic E-state index is 5.46. The highest BCUT2D eigenvalue weighted by Crippen LogP contribution is 2.27. The number of ether oxygens (including phenoxy) is 2. The summed E-state index contributed by atoms with van der Waals surface area (Å²) in [5.74, 6) is 0. The van der Waals surface area contributed by atoms with Crippen LogP contribution in [0.5, 0.6) is 0 Å². The van der Waals surface area contributed by atoms with Gasteiger partial charge in [0, 0.05) is 32.0 Å². The highest BCUT2D eigenvalue weighted by molar-refractivity contribution is 5.85. The molecule has 4 heteroatoms. The summed E-state index contributed by atoms with van der Waals surface area (Å²) in [5, 5.41) is 5.80. The molecule has 0 saturated heterocycles. The minimum absolute atomic E-state index is 0.0159. The summed E-state index contributed by atoms with van der Waals surface area (Å²) >= 11 is 0. The third kappa shape index (κ3) is 3.15. The lowest BCUT2D eigenvalue weighted by Gasteiger charge is -2.27. The molecule has 0 aliphatic rings. The van der Waals surface area contributed by atoms with E-state index in [-0.39, 0.29) is 12.3 Å². The van der Waals surface area contributed by atoms with Crippen LogP contribution in [-0.4, -0.2) is 32.0 Å². The molecule has 4 nitrogen and oxygen atoms in total. The van der Waals surface area contributed by atoms with Gasteiger partial charge in [-0.05, 0) is 30.0 Å². The van der Waals surface area contributed by atoms with Crippen molar-refractivity contribution in [2.24, 2.45) is 0 Å². The van der Waals surface area contributed by atoms with Crippen LogP contribution in [0.3, 0.4) is 0 Å². The van der Waals surface area contributed by atoms with Crippen LogP contribution < -0.4 is 5.32 Å². The van der Waals surface area contributed by atoms with Crippen molar-refractivity contribution >= 4 is 10.8 Å². The molecule has 0 radical (unpaired) electrons. The number of pyridine rings is 1. The van der Waals surface area contributed by atoms with Crippen molar-refractivity contribution < 1.29 is 9.47 Å². The Hall–Kier alpha value is -1.49. The second-order valence-electron chi connectivity index (χ2n) is 4.72. The average Bonchev–Trinajstić information content (AvgIpc) is 2.51. The number of fused-ring (bicyclic) bond motifs is 1. The number of rotatable bonds is 7. The molecular weight excluding hydrogens is 252 g/mol. The van der Waals surface area contributed by atoms with Gasteiger partial charge >= 0.3 is 0 Å². The number of benzene rings is 1. The number of hydrogen-bond donors (Lipinski definition) is 1. The van der Waals surface area contributed by atoms with Crippen molar-refractivity contribution in [3.8, 4) is 0 Å². The summed E-state index contributed by atoms with van der Waals surface area (Å²) in [6.07, 6.45) is 4.44. The first-order valence-electron chi connectivity index (χ1n) is 6.93. The average molecular weight is 274 g/mol. The maximum absolute atomic E-state index is 5.46. The molecule has 0 spiro atoms. The third-order valence-electron chi connectivity index (χ3n) is 3.40. The Morgan fingerprint density at radius 2 is 2.00 bits per heavy atom. The summed E-state index contributed by atoms with van der Waals surface area (Å²) in [5.41, 5.74) is 1.15. The van der Waals surface area contributed by atoms with Crippen LogP contribution in [0.4, 0.5) is 0 Å². The molecule has 20 heavy (non-hydrogen) atoms. The van der Waals surface area contributed by atoms with Gasteiger partial charge in [-0.2, -0.15) is 0 Å². The summed E-state index contributed by atoms with van der Waals surface area (Å²) in [7, 11) is 3.33. The molecule has 1 heterocycles. The van der Waals surface area contributed by atoms with Gasteiger partial charge in [-0.1, -0.05) is 25.1 Å². The largest absolute Gasteiger partial charge is 0.354 e. The third-order valence-corrected chi connectivity index (χ3v) is 3.40. The molecule has 0 aliphatic heterocycles. The fourth-order valence-corrected chi connectivity index (χ4v) is 2.43. The van der Waals surface area contributed by atoms with E-state index in [4.69, 9.17) is 9.47 Å². The molecule has 0 amide bonds. The maximum Gasteiger partial charge on any atom is 0.176 e. The molecule has 1 aromatic carbocycles. The van der Waals surface area contributed by atoms with E-state index in [9.17, 15) is 0 Å². The predicted octanol–water partition coefficient (Wildman–Crippen LogP) is 2.89. The van der Waals surface area contributed by atoms with Gasteiger partial charge < -0.3 is 14.8 Å². The Kier molecular flexibility index (Phi) is 5.47. The van der Waals surface area contributed by atoms with Gasteiger partial charge in [0.05, 0.1) is 6.04 Å². The van der Waals surface area contributed by atoms with Crippen LogP contribution >= 0.6 is 0 Å². The van der Waals surface area contributed by atoms with E-state index in [1.165, 1.54) is 5.39 Å². The van der Waals surface area contributed by atoms with Gasteiger partial charge in [-0.25, -0.2) is 0 Å². The van der Waals surface area contributed by atoms with E-state index in [2.05, 4.69) is 35.4 Å². The molecule has 0 fully saturated rings. The molecule has 0 aliphatic carbocycles. The predicted molar refractivity (Wildman–Crippen MR) is 80.6 cm³/mol. The Bertz CT molecular complexity index is 535. The Labute approximate surface area is 120 Å². The van der Waals surface area contributed by atoms with Crippen molar-refractivity contribution in [3.63, 3.8) is 0 Å². The molecule has 2 aromatic rings. The van der Waals surface area contributed by atoms with Crippen LogP contribution in [0, 0.1) is 0 Å². The standard InChI is InChI=1S/C16H22N2O2/c1-4-9-18-15(16(19-2)20-3)13-7-5-6-12-8-10-17-11-14(12)13/h5-8,10-11,15-16,18H,4,9H2,1-3H3. The highest BCUT2D eigenvalue weighted by atomic mass is 16.7. The van der Waals surface area contributed by atoms with E-state index >= 15 is 0 Å². The first-order chi connectivity index (χ1) is 9.81. The van der Waals surface area contributed by atoms with Crippen LogP contribution in [0.15, 0.2) is 36.7 Å². The monoisotopic (exact) mass is 274 g/mol. The number of methoxy groups -OCH3 is 2. The van der Waals surface area contributed by atoms with E-state index in [1.54, 1.807) is 14.2 Å². The second kappa shape index (κ2) is 7.33. The Morgan fingerprint density at radius 1 is 1.20 bits per heavy atom. The fourth-order valence-electron chi connectivity index (χ4n) is 2.43. The van der Waals surface area contributed by atoms with Crippen molar-refractivity contribution in [3.05, 3.63) is 42.2 Å². The van der Waals surface area contributed by atoms with Gasteiger partial charge in [0.15, 0.2) is 6.29 Å². The molecule has 0 bridgehead atoms. The van der Waals surface area contributed by atoms with Crippen LogP contribution in [0.25, 0.3) is 10.8 Å². The highest BCUT2D eigenvalue weighted by Gasteiger charge is 2.23. The zero-order valence-corrected chi connectivity index (χ0v) is 12.3. The van der Waals surface area contributed by atoms with Crippen molar-refractivity contribution in [1.82, 2.24) is 10.3 Å². The van der Waals surface area contributed by atoms with Crippen LogP contribution in [-0.2, 0) is 9.47 Å². The van der Waals surface area contributed by atoms with Crippen molar-refractivity contribution in [2.45, 2.75) is 25.7 Å². The summed E-state index contributed by atoms with van der Waals surface area (Å²) in [4.78, 5) is 4.24. The fraction of sp³-hybridized carbons (Fsp3) is 0.438. The van der Waals surface area contributed by atoms with Gasteiger partial charge in [0.1, 0.15) is 0 Å². The molecule has 1 atom stereocenters. The van der Waals surface area contributed by atoms with E-state index in [0.717, 1.165) is 23.9 Å². The number of nitrogens with zero attached hydrogens (tertiary/aromatic N) is 1. The summed E-state index contributed by atoms with van der Waals surface area (Å²) < 4.78 is 10.9. The molecule has 108 valence electrons. The molecule has 2 rings (SSSR count). The Balaban J connectivity index is 2.44. The lowest BCUT2D eigenvalue weighted by molar-refractivity contribution is -0.123. The molecule has 1 unspecified atom stereocenters. The number of nitrogens with one attached hydrogen (secondary N) is 1. The van der Waals surface area contributed by atoms with E-state index in [0.29, 0.717) is 0 Å². The zero-order valence-electron chi connectivity index (χ0n) is 12.3. The number of hydrogen-bond acceptors (Lipinski definition) is 4. The molecular formula is C16H22N2O2. The van der Waals surface area contributed by atoms with Gasteiger partial charge in [0.25, 0.3) is 0 Å². The summed E-state index contributed by atoms with van der Waals surface area (Å²) in [6, 6.07) is 8.25. The van der Waals surface area contributed by atoms with E-state index < -0.39 is 0 Å². The second-order valence-corrected chi connectivity index (χ2v) is 4.72. The first-order valence-corrected chi connectivity index (χ1v) is 6.93. The first kappa shape index (κ1) is 14.9. The summed E-state index contributed by atoms with van der Waals surface area (Å²) in [6.45, 7) is 3.05. The van der Waals surface area contributed by atoms with Crippen LogP contribution in [0.1, 0.15) is 24.9 Å². The van der Waals surface area contributed by atoms with Crippen molar-refractivity contribution in [1.29, 1.82) is 0 Å². The van der Waals surface area contributed by atoms with Crippen LogP contribution in [0.2, 0.25) is 0 Å². The lowest BCUT2D eigenvalue weighted by Crippen LogP contribution is -2.35. The van der Waals surface area contributed by atoms with Gasteiger partial charge in [0.2, 0.25) is 0 Å². The van der Waals surface area contributed by atoms with E-state index in [1.807, 2.05) is 18.5 Å². The SMILES string of the molecule is CCCNC(c1cccc2ccncc12)C(OC)OC. The topological polar surface area (TPSA) is 43.4 Å². The normalized spacial score (nSPS) is 13.0. The smallest absolute Gasteiger partial charge is 0.176 e. The van der Waals surface area contributed by atoms with Gasteiger partial charge in [-0.15, -0.1) is 0 Å². The minimum atomic E-state index is -0.327. The van der Waals surface area contributed by atoms with Gasteiger partial charge in [-0.3, -0.25) is 4.98 Å². The molecule has 1 aromatic heterocycles. The Morgan fingerprint density at radius 3 is 2.70 bits per heavy atom.